The van der Waals surface area contributed by atoms with Gasteiger partial charge in [-0.15, -0.1) is 0 Å². The van der Waals surface area contributed by atoms with E-state index in [1.807, 2.05) is 0 Å². The zero-order chi connectivity index (χ0) is 10.8. The monoisotopic (exact) mass is 205 g/mol. The van der Waals surface area contributed by atoms with E-state index in [0.29, 0.717) is 6.61 Å². The minimum Gasteiger partial charge on any atom is -0.449 e. The van der Waals surface area contributed by atoms with Gasteiger partial charge in [0.25, 0.3) is 0 Å². The number of ether oxygens (including phenoxy) is 1. The third-order valence-electron chi connectivity index (χ3n) is 2.74. The average molecular weight is 205 g/mol. The number of carbonyl (C=O) groups is 1. The van der Waals surface area contributed by atoms with Gasteiger partial charge < -0.3 is 10.1 Å². The third kappa shape index (κ3) is 2.12. The van der Waals surface area contributed by atoms with Gasteiger partial charge in [-0.3, -0.25) is 0 Å². The highest BCUT2D eigenvalue weighted by Crippen LogP contribution is 2.24. The maximum absolute atomic E-state index is 11.1. The molecule has 0 saturated carbocycles. The molecule has 15 heavy (non-hydrogen) atoms. The molecule has 80 valence electrons. The van der Waals surface area contributed by atoms with Crippen molar-refractivity contribution < 1.29 is 9.53 Å². The molecule has 0 bridgehead atoms. The van der Waals surface area contributed by atoms with Crippen LogP contribution in [0.15, 0.2) is 18.2 Å². The highest BCUT2D eigenvalue weighted by atomic mass is 16.5. The number of alkyl carbamates (subject to hydrolysis) is 1. The van der Waals surface area contributed by atoms with E-state index < -0.39 is 0 Å². The van der Waals surface area contributed by atoms with Crippen molar-refractivity contribution in [1.82, 2.24) is 5.32 Å². The minimum atomic E-state index is -0.313. The fraction of sp³-hybridized carbons (Fsp3) is 0.417. The highest BCUT2D eigenvalue weighted by molar-refractivity contribution is 5.68. The summed E-state index contributed by atoms with van der Waals surface area (Å²) in [6, 6.07) is 6.41. The molecule has 1 N–H and O–H groups in total. The van der Waals surface area contributed by atoms with Crippen molar-refractivity contribution in [3.63, 3.8) is 0 Å². The molecule has 1 aliphatic rings. The molecule has 0 radical (unpaired) electrons. The predicted octanol–water partition coefficient (Wildman–Crippen LogP) is 2.47. The Labute approximate surface area is 89.4 Å². The van der Waals surface area contributed by atoms with Crippen LogP contribution >= 0.6 is 0 Å². The Morgan fingerprint density at radius 3 is 2.93 bits per heavy atom. The first-order valence-electron chi connectivity index (χ1n) is 5.17. The van der Waals surface area contributed by atoms with E-state index in [-0.39, 0.29) is 12.1 Å². The summed E-state index contributed by atoms with van der Waals surface area (Å²) in [6.07, 6.45) is 0.530. The van der Waals surface area contributed by atoms with Crippen LogP contribution in [0, 0.1) is 13.8 Å². The van der Waals surface area contributed by atoms with Crippen molar-refractivity contribution in [3.8, 4) is 0 Å². The van der Waals surface area contributed by atoms with Crippen molar-refractivity contribution in [2.24, 2.45) is 0 Å². The minimum absolute atomic E-state index is 0.103. The Morgan fingerprint density at radius 1 is 1.40 bits per heavy atom. The fourth-order valence-corrected chi connectivity index (χ4v) is 1.89. The van der Waals surface area contributed by atoms with Gasteiger partial charge in [0, 0.05) is 6.42 Å². The second-order valence-electron chi connectivity index (χ2n) is 3.98. The van der Waals surface area contributed by atoms with Crippen molar-refractivity contribution >= 4 is 6.09 Å². The lowest BCUT2D eigenvalue weighted by Gasteiger charge is -2.25. The van der Waals surface area contributed by atoms with Gasteiger partial charge in [-0.1, -0.05) is 23.8 Å². The number of benzene rings is 1. The highest BCUT2D eigenvalue weighted by Gasteiger charge is 2.21. The van der Waals surface area contributed by atoms with E-state index >= 15 is 0 Å². The Morgan fingerprint density at radius 2 is 2.20 bits per heavy atom. The molecule has 0 unspecified atom stereocenters. The van der Waals surface area contributed by atoms with Gasteiger partial charge in [-0.05, 0) is 25.0 Å². The molecular weight excluding hydrogens is 190 g/mol. The van der Waals surface area contributed by atoms with Gasteiger partial charge in [0.1, 0.15) is 0 Å². The standard InChI is InChI=1S/C12H15NO2/c1-8-3-4-9(2)10(7-8)11-5-6-15-12(14)13-11/h3-4,7,11H,5-6H2,1-2H3,(H,13,14)/t11-/m0/s1. The van der Waals surface area contributed by atoms with Gasteiger partial charge in [-0.2, -0.15) is 0 Å². The van der Waals surface area contributed by atoms with Gasteiger partial charge >= 0.3 is 6.09 Å². The Kier molecular flexibility index (Phi) is 2.62. The topological polar surface area (TPSA) is 38.3 Å². The van der Waals surface area contributed by atoms with E-state index in [1.165, 1.54) is 16.7 Å². The summed E-state index contributed by atoms with van der Waals surface area (Å²) in [5.41, 5.74) is 3.63. The first kappa shape index (κ1) is 10.0. The van der Waals surface area contributed by atoms with Crippen LogP contribution < -0.4 is 5.32 Å². The normalized spacial score (nSPS) is 20.7. The summed E-state index contributed by atoms with van der Waals surface area (Å²) in [7, 11) is 0. The second kappa shape index (κ2) is 3.93. The Bertz CT molecular complexity index is 387. The maximum Gasteiger partial charge on any atom is 0.407 e. The third-order valence-corrected chi connectivity index (χ3v) is 2.74. The molecular formula is C12H15NO2. The predicted molar refractivity (Wildman–Crippen MR) is 57.8 cm³/mol. The maximum atomic E-state index is 11.1. The van der Waals surface area contributed by atoms with Gasteiger partial charge in [0.2, 0.25) is 0 Å². The summed E-state index contributed by atoms with van der Waals surface area (Å²) in [6.45, 7) is 4.63. The molecule has 1 atom stereocenters. The first-order valence-corrected chi connectivity index (χ1v) is 5.17. The molecule has 0 aromatic heterocycles. The number of nitrogens with one attached hydrogen (secondary N) is 1. The van der Waals surface area contributed by atoms with Crippen LogP contribution in [-0.4, -0.2) is 12.7 Å². The van der Waals surface area contributed by atoms with Gasteiger partial charge in [0.15, 0.2) is 0 Å². The summed E-state index contributed by atoms with van der Waals surface area (Å²) >= 11 is 0. The van der Waals surface area contributed by atoms with E-state index in [0.717, 1.165) is 6.42 Å². The lowest BCUT2D eigenvalue weighted by Crippen LogP contribution is -2.35. The van der Waals surface area contributed by atoms with E-state index in [9.17, 15) is 4.79 Å². The molecule has 1 fully saturated rings. The molecule has 0 spiro atoms. The molecule has 1 amide bonds. The SMILES string of the molecule is Cc1ccc(C)c([C@@H]2CCOC(=O)N2)c1. The van der Waals surface area contributed by atoms with Crippen molar-refractivity contribution in [3.05, 3.63) is 34.9 Å². The second-order valence-corrected chi connectivity index (χ2v) is 3.98. The van der Waals surface area contributed by atoms with Crippen LogP contribution in [0.2, 0.25) is 0 Å². The number of amides is 1. The van der Waals surface area contributed by atoms with E-state index in [2.05, 4.69) is 37.4 Å². The van der Waals surface area contributed by atoms with Crippen LogP contribution in [-0.2, 0) is 4.74 Å². The molecule has 1 aromatic rings. The van der Waals surface area contributed by atoms with Crippen molar-refractivity contribution in [2.75, 3.05) is 6.61 Å². The lowest BCUT2D eigenvalue weighted by molar-refractivity contribution is 0.115. The number of rotatable bonds is 1. The first-order chi connectivity index (χ1) is 7.16. The quantitative estimate of drug-likeness (QED) is 0.764. The van der Waals surface area contributed by atoms with E-state index in [4.69, 9.17) is 4.74 Å². The largest absolute Gasteiger partial charge is 0.449 e. The molecule has 1 aromatic carbocycles. The summed E-state index contributed by atoms with van der Waals surface area (Å²) < 4.78 is 4.85. The van der Waals surface area contributed by atoms with Crippen molar-refractivity contribution in [1.29, 1.82) is 0 Å². The number of cyclic esters (lactones) is 1. The Balaban J connectivity index is 2.27. The number of hydrogen-bond donors (Lipinski definition) is 1. The molecule has 3 nitrogen and oxygen atoms in total. The van der Waals surface area contributed by atoms with Crippen LogP contribution in [0.3, 0.4) is 0 Å². The molecule has 0 aliphatic carbocycles. The van der Waals surface area contributed by atoms with Crippen LogP contribution in [0.1, 0.15) is 29.2 Å². The lowest BCUT2D eigenvalue weighted by atomic mass is 9.96. The van der Waals surface area contributed by atoms with E-state index in [1.54, 1.807) is 0 Å². The zero-order valence-corrected chi connectivity index (χ0v) is 9.04. The van der Waals surface area contributed by atoms with Crippen molar-refractivity contribution in [2.45, 2.75) is 26.3 Å². The van der Waals surface area contributed by atoms with Gasteiger partial charge in [-0.25, -0.2) is 4.79 Å². The summed E-state index contributed by atoms with van der Waals surface area (Å²) in [4.78, 5) is 11.1. The van der Waals surface area contributed by atoms with Crippen LogP contribution in [0.4, 0.5) is 4.79 Å². The zero-order valence-electron chi connectivity index (χ0n) is 9.04. The van der Waals surface area contributed by atoms with Crippen LogP contribution in [0.25, 0.3) is 0 Å². The summed E-state index contributed by atoms with van der Waals surface area (Å²) in [5.74, 6) is 0. The molecule has 1 saturated heterocycles. The molecule has 1 aliphatic heterocycles. The summed E-state index contributed by atoms with van der Waals surface area (Å²) in [5, 5.41) is 2.84. The number of hydrogen-bond acceptors (Lipinski definition) is 2. The smallest absolute Gasteiger partial charge is 0.407 e. The van der Waals surface area contributed by atoms with Gasteiger partial charge in [0.05, 0.1) is 12.6 Å². The van der Waals surface area contributed by atoms with Crippen LogP contribution in [0.5, 0.6) is 0 Å². The number of carbonyl (C=O) groups excluding carboxylic acids is 1. The Hall–Kier alpha value is -1.51. The number of aryl methyl sites for hydroxylation is 2. The molecule has 1 heterocycles. The molecule has 2 rings (SSSR count). The average Bonchev–Trinajstić information content (AvgIpc) is 2.22. The fourth-order valence-electron chi connectivity index (χ4n) is 1.89. The molecule has 3 heteroatoms.